The zero-order chi connectivity index (χ0) is 11.3. The van der Waals surface area contributed by atoms with E-state index in [1.807, 2.05) is 0 Å². The van der Waals surface area contributed by atoms with E-state index < -0.39 is 12.2 Å². The minimum atomic E-state index is -0.705. The average Bonchev–Trinajstić information content (AvgIpc) is 3.04. The lowest BCUT2D eigenvalue weighted by Gasteiger charge is -2.18. The van der Waals surface area contributed by atoms with Crippen molar-refractivity contribution in [3.05, 3.63) is 11.8 Å². The molecule has 0 aromatic heterocycles. The monoisotopic (exact) mass is 218 g/mol. The first kappa shape index (κ1) is 12.4. The molecule has 88 valence electrons. The molecule has 3 atom stereocenters. The van der Waals surface area contributed by atoms with Gasteiger partial charge in [-0.1, -0.05) is 0 Å². The molecule has 0 aromatic carbocycles. The molecular weight excluding hydrogens is 200 g/mol. The van der Waals surface area contributed by atoms with Crippen molar-refractivity contribution in [2.45, 2.75) is 18.3 Å². The van der Waals surface area contributed by atoms with Crippen LogP contribution in [0.4, 0.5) is 0 Å². The summed E-state index contributed by atoms with van der Waals surface area (Å²) in [7, 11) is 4.63. The Morgan fingerprint density at radius 2 is 2.20 bits per heavy atom. The van der Waals surface area contributed by atoms with E-state index in [-0.39, 0.29) is 12.7 Å². The van der Waals surface area contributed by atoms with Gasteiger partial charge in [-0.2, -0.15) is 0 Å². The minimum Gasteiger partial charge on any atom is -0.498 e. The Hall–Kier alpha value is -0.620. The van der Waals surface area contributed by atoms with Gasteiger partial charge in [0, 0.05) is 14.2 Å². The third-order valence-electron chi connectivity index (χ3n) is 2.20. The van der Waals surface area contributed by atoms with E-state index in [1.54, 1.807) is 13.2 Å². The number of aliphatic hydroxyl groups excluding tert-OH is 1. The molecule has 15 heavy (non-hydrogen) atoms. The lowest BCUT2D eigenvalue weighted by Crippen LogP contribution is -2.31. The quantitative estimate of drug-likeness (QED) is 0.479. The molecule has 1 fully saturated rings. The molecule has 0 saturated carbocycles. The molecule has 1 N–H and O–H groups in total. The van der Waals surface area contributed by atoms with Crippen molar-refractivity contribution in [3.63, 3.8) is 0 Å². The first-order valence-corrected chi connectivity index (χ1v) is 4.80. The Kier molecular flexibility index (Phi) is 5.04. The van der Waals surface area contributed by atoms with Crippen molar-refractivity contribution in [2.75, 3.05) is 34.5 Å². The van der Waals surface area contributed by atoms with Gasteiger partial charge in [-0.25, -0.2) is 0 Å². The second-order valence-corrected chi connectivity index (χ2v) is 3.32. The molecule has 0 aromatic rings. The molecule has 0 spiro atoms. The molecular formula is C10H18O5. The molecule has 1 aliphatic heterocycles. The topological polar surface area (TPSA) is 60.5 Å². The highest BCUT2D eigenvalue weighted by Crippen LogP contribution is 2.21. The number of ether oxygens (including phenoxy) is 4. The largest absolute Gasteiger partial charge is 0.498 e. The molecule has 0 amide bonds. The number of hydrogen-bond acceptors (Lipinski definition) is 5. The number of aliphatic hydroxyl groups is 1. The molecule has 5 nitrogen and oxygen atoms in total. The molecule has 0 radical (unpaired) electrons. The average molecular weight is 218 g/mol. The van der Waals surface area contributed by atoms with E-state index in [0.29, 0.717) is 12.4 Å². The second-order valence-electron chi connectivity index (χ2n) is 3.32. The molecule has 1 rings (SSSR count). The standard InChI is InChI=1S/C10H18O5/c1-12-5-7(11)8(13-2)4-9(14-3)10-6-15-10/h4,7-8,10-11H,5-6H2,1-3H3/b9-4+/t7-,8+,10?/m1/s1. The molecule has 1 heterocycles. The van der Waals surface area contributed by atoms with Gasteiger partial charge in [-0.15, -0.1) is 0 Å². The number of methoxy groups -OCH3 is 3. The van der Waals surface area contributed by atoms with Gasteiger partial charge in [0.1, 0.15) is 24.1 Å². The van der Waals surface area contributed by atoms with Crippen molar-refractivity contribution in [3.8, 4) is 0 Å². The highest BCUT2D eigenvalue weighted by atomic mass is 16.6. The third-order valence-corrected chi connectivity index (χ3v) is 2.20. The fraction of sp³-hybridized carbons (Fsp3) is 0.800. The smallest absolute Gasteiger partial charge is 0.138 e. The van der Waals surface area contributed by atoms with E-state index in [4.69, 9.17) is 18.9 Å². The number of rotatable bonds is 7. The van der Waals surface area contributed by atoms with Crippen LogP contribution in [0.15, 0.2) is 11.8 Å². The zero-order valence-corrected chi connectivity index (χ0v) is 9.30. The molecule has 1 aliphatic rings. The molecule has 1 saturated heterocycles. The van der Waals surface area contributed by atoms with Crippen LogP contribution in [0.5, 0.6) is 0 Å². The van der Waals surface area contributed by atoms with Gasteiger partial charge in [0.15, 0.2) is 0 Å². The van der Waals surface area contributed by atoms with Crippen molar-refractivity contribution in [1.82, 2.24) is 0 Å². The van der Waals surface area contributed by atoms with Crippen LogP contribution in [0.3, 0.4) is 0 Å². The summed E-state index contributed by atoms with van der Waals surface area (Å²) in [4.78, 5) is 0. The van der Waals surface area contributed by atoms with Gasteiger partial charge in [0.25, 0.3) is 0 Å². The van der Waals surface area contributed by atoms with Gasteiger partial charge in [0.2, 0.25) is 0 Å². The van der Waals surface area contributed by atoms with E-state index in [9.17, 15) is 5.11 Å². The highest BCUT2D eigenvalue weighted by Gasteiger charge is 2.30. The van der Waals surface area contributed by atoms with Crippen molar-refractivity contribution in [2.24, 2.45) is 0 Å². The molecule has 1 unspecified atom stereocenters. The van der Waals surface area contributed by atoms with Crippen LogP contribution in [0.25, 0.3) is 0 Å². The Bertz CT molecular complexity index is 212. The van der Waals surface area contributed by atoms with Crippen molar-refractivity contribution < 1.29 is 24.1 Å². The molecule has 5 heteroatoms. The third kappa shape index (κ3) is 3.79. The highest BCUT2D eigenvalue weighted by molar-refractivity contribution is 5.09. The van der Waals surface area contributed by atoms with Crippen LogP contribution in [0, 0.1) is 0 Å². The lowest BCUT2D eigenvalue weighted by atomic mass is 10.1. The van der Waals surface area contributed by atoms with Crippen LogP contribution in [-0.2, 0) is 18.9 Å². The summed E-state index contributed by atoms with van der Waals surface area (Å²) < 4.78 is 20.2. The number of hydrogen-bond donors (Lipinski definition) is 1. The first-order chi connectivity index (χ1) is 7.22. The summed E-state index contributed by atoms with van der Waals surface area (Å²) in [5.41, 5.74) is 0. The van der Waals surface area contributed by atoms with Gasteiger partial charge in [-0.05, 0) is 6.08 Å². The fourth-order valence-electron chi connectivity index (χ4n) is 1.28. The van der Waals surface area contributed by atoms with Crippen LogP contribution < -0.4 is 0 Å². The van der Waals surface area contributed by atoms with Gasteiger partial charge in [-0.3, -0.25) is 0 Å². The molecule has 0 bridgehead atoms. The first-order valence-electron chi connectivity index (χ1n) is 4.80. The Morgan fingerprint density at radius 1 is 1.53 bits per heavy atom. The normalized spacial score (nSPS) is 24.8. The minimum absolute atomic E-state index is 0.0161. The molecule has 0 aliphatic carbocycles. The summed E-state index contributed by atoms with van der Waals surface area (Å²) in [6, 6.07) is 0. The predicted molar refractivity (Wildman–Crippen MR) is 53.5 cm³/mol. The van der Waals surface area contributed by atoms with E-state index in [0.717, 1.165) is 0 Å². The Morgan fingerprint density at radius 3 is 2.60 bits per heavy atom. The van der Waals surface area contributed by atoms with Crippen molar-refractivity contribution in [1.29, 1.82) is 0 Å². The Balaban J connectivity index is 2.55. The maximum atomic E-state index is 9.66. The summed E-state index contributed by atoms with van der Waals surface area (Å²) in [5, 5.41) is 9.66. The number of epoxide rings is 1. The summed E-state index contributed by atoms with van der Waals surface area (Å²) in [6.45, 7) is 0.883. The maximum absolute atomic E-state index is 9.66. The fourth-order valence-corrected chi connectivity index (χ4v) is 1.28. The van der Waals surface area contributed by atoms with Crippen LogP contribution >= 0.6 is 0 Å². The van der Waals surface area contributed by atoms with Crippen LogP contribution in [0.2, 0.25) is 0 Å². The predicted octanol–water partition coefficient (Wildman–Crippen LogP) is -0.0622. The zero-order valence-electron chi connectivity index (χ0n) is 9.30. The van der Waals surface area contributed by atoms with E-state index in [2.05, 4.69) is 0 Å². The summed E-state index contributed by atoms with van der Waals surface area (Å²) in [5.74, 6) is 0.692. The van der Waals surface area contributed by atoms with Gasteiger partial charge >= 0.3 is 0 Å². The second kappa shape index (κ2) is 6.07. The van der Waals surface area contributed by atoms with Crippen LogP contribution in [-0.4, -0.2) is 58.0 Å². The van der Waals surface area contributed by atoms with E-state index >= 15 is 0 Å². The van der Waals surface area contributed by atoms with Gasteiger partial charge in [0.05, 0.1) is 20.3 Å². The summed E-state index contributed by atoms with van der Waals surface area (Å²) in [6.07, 6.45) is 0.594. The van der Waals surface area contributed by atoms with Gasteiger partial charge < -0.3 is 24.1 Å². The lowest BCUT2D eigenvalue weighted by molar-refractivity contribution is -0.0261. The van der Waals surface area contributed by atoms with Crippen molar-refractivity contribution >= 4 is 0 Å². The maximum Gasteiger partial charge on any atom is 0.138 e. The van der Waals surface area contributed by atoms with Crippen LogP contribution in [0.1, 0.15) is 0 Å². The summed E-state index contributed by atoms with van der Waals surface area (Å²) >= 11 is 0. The Labute approximate surface area is 89.6 Å². The SMILES string of the molecule is COC[C@@H](O)[C@H](/C=C(/OC)C1CO1)OC. The van der Waals surface area contributed by atoms with E-state index in [1.165, 1.54) is 14.2 Å².